The quantitative estimate of drug-likeness (QED) is 0.760. The molecule has 1 atom stereocenters. The highest BCUT2D eigenvalue weighted by molar-refractivity contribution is 6.31. The molecule has 0 saturated heterocycles. The predicted molar refractivity (Wildman–Crippen MR) is 88.3 cm³/mol. The third kappa shape index (κ3) is 3.98. The van der Waals surface area contributed by atoms with Gasteiger partial charge in [-0.3, -0.25) is 0 Å². The SMILES string of the molecule is CNC(Cc1ccc(F)cc1Cl)C1(CC(C)C)CCCC1. The highest BCUT2D eigenvalue weighted by Gasteiger charge is 2.40. The van der Waals surface area contributed by atoms with E-state index < -0.39 is 0 Å². The summed E-state index contributed by atoms with van der Waals surface area (Å²) in [5.41, 5.74) is 1.41. The second-order valence-corrected chi connectivity index (χ2v) is 7.36. The molecule has 2 rings (SSSR count). The van der Waals surface area contributed by atoms with Gasteiger partial charge in [-0.1, -0.05) is 44.4 Å². The van der Waals surface area contributed by atoms with Crippen LogP contribution < -0.4 is 5.32 Å². The number of hydrogen-bond acceptors (Lipinski definition) is 1. The van der Waals surface area contributed by atoms with E-state index in [2.05, 4.69) is 19.2 Å². The van der Waals surface area contributed by atoms with Crippen LogP contribution in [0.15, 0.2) is 18.2 Å². The van der Waals surface area contributed by atoms with E-state index in [4.69, 9.17) is 11.6 Å². The molecular formula is C18H27ClFN. The lowest BCUT2D eigenvalue weighted by atomic mass is 9.71. The fraction of sp³-hybridized carbons (Fsp3) is 0.667. The Kier molecular flexibility index (Phi) is 5.67. The lowest BCUT2D eigenvalue weighted by Gasteiger charge is -2.39. The van der Waals surface area contributed by atoms with Crippen LogP contribution in [0, 0.1) is 17.2 Å². The van der Waals surface area contributed by atoms with E-state index in [-0.39, 0.29) is 5.82 Å². The molecular weight excluding hydrogens is 285 g/mol. The fourth-order valence-electron chi connectivity index (χ4n) is 4.12. The van der Waals surface area contributed by atoms with Gasteiger partial charge >= 0.3 is 0 Å². The van der Waals surface area contributed by atoms with Crippen molar-refractivity contribution in [3.8, 4) is 0 Å². The summed E-state index contributed by atoms with van der Waals surface area (Å²) in [6.45, 7) is 4.61. The fourth-order valence-corrected chi connectivity index (χ4v) is 4.36. The van der Waals surface area contributed by atoms with Gasteiger partial charge in [0.05, 0.1) is 0 Å². The van der Waals surface area contributed by atoms with Crippen molar-refractivity contribution in [3.05, 3.63) is 34.6 Å². The lowest BCUT2D eigenvalue weighted by Crippen LogP contribution is -2.44. The van der Waals surface area contributed by atoms with Gasteiger partial charge in [0.15, 0.2) is 0 Å². The minimum Gasteiger partial charge on any atom is -0.316 e. The van der Waals surface area contributed by atoms with Crippen LogP contribution in [-0.4, -0.2) is 13.1 Å². The Balaban J connectivity index is 2.20. The summed E-state index contributed by atoms with van der Waals surface area (Å²) in [5, 5.41) is 4.08. The Labute approximate surface area is 133 Å². The zero-order chi connectivity index (χ0) is 15.5. The van der Waals surface area contributed by atoms with E-state index in [0.29, 0.717) is 22.4 Å². The first-order valence-electron chi connectivity index (χ1n) is 8.08. The topological polar surface area (TPSA) is 12.0 Å². The summed E-state index contributed by atoms with van der Waals surface area (Å²) in [5.74, 6) is 0.435. The van der Waals surface area contributed by atoms with E-state index in [0.717, 1.165) is 12.0 Å². The molecule has 0 aliphatic heterocycles. The Morgan fingerprint density at radius 1 is 1.29 bits per heavy atom. The molecule has 0 bridgehead atoms. The molecule has 0 spiro atoms. The minimum atomic E-state index is -0.262. The predicted octanol–water partition coefficient (Wildman–Crippen LogP) is 5.22. The number of halogens is 2. The van der Waals surface area contributed by atoms with E-state index in [1.54, 1.807) is 0 Å². The average molecular weight is 312 g/mol. The number of likely N-dealkylation sites (N-methyl/N-ethyl adjacent to an activating group) is 1. The van der Waals surface area contributed by atoms with Gasteiger partial charge in [-0.15, -0.1) is 0 Å². The standard InChI is InChI=1S/C18H27ClFN/c1-13(2)12-18(8-4-5-9-18)17(21-3)10-14-6-7-15(20)11-16(14)19/h6-7,11,13,17,21H,4-5,8-10,12H2,1-3H3. The van der Waals surface area contributed by atoms with Gasteiger partial charge in [0, 0.05) is 11.1 Å². The molecule has 1 unspecified atom stereocenters. The Morgan fingerprint density at radius 3 is 2.48 bits per heavy atom. The van der Waals surface area contributed by atoms with E-state index in [1.165, 1.54) is 44.2 Å². The van der Waals surface area contributed by atoms with Crippen LogP contribution in [-0.2, 0) is 6.42 Å². The molecule has 21 heavy (non-hydrogen) atoms. The smallest absolute Gasteiger partial charge is 0.124 e. The summed E-state index contributed by atoms with van der Waals surface area (Å²) in [6, 6.07) is 5.18. The molecule has 3 heteroatoms. The molecule has 118 valence electrons. The van der Waals surface area contributed by atoms with Crippen LogP contribution in [0.3, 0.4) is 0 Å². The van der Waals surface area contributed by atoms with Crippen molar-refractivity contribution in [1.29, 1.82) is 0 Å². The average Bonchev–Trinajstić information content (AvgIpc) is 2.86. The third-order valence-electron chi connectivity index (χ3n) is 4.94. The van der Waals surface area contributed by atoms with Crippen molar-refractivity contribution in [2.75, 3.05) is 7.05 Å². The number of hydrogen-bond donors (Lipinski definition) is 1. The van der Waals surface area contributed by atoms with Crippen LogP contribution in [0.25, 0.3) is 0 Å². The first kappa shape index (κ1) is 16.8. The molecule has 1 nitrogen and oxygen atoms in total. The summed E-state index contributed by atoms with van der Waals surface area (Å²) in [6.07, 6.45) is 7.34. The normalized spacial score (nSPS) is 19.1. The van der Waals surface area contributed by atoms with Crippen molar-refractivity contribution in [2.45, 2.75) is 58.4 Å². The zero-order valence-electron chi connectivity index (χ0n) is 13.4. The van der Waals surface area contributed by atoms with E-state index in [9.17, 15) is 4.39 Å². The first-order chi connectivity index (χ1) is 9.97. The summed E-state index contributed by atoms with van der Waals surface area (Å²) < 4.78 is 13.2. The monoisotopic (exact) mass is 311 g/mol. The maximum atomic E-state index is 13.2. The second kappa shape index (κ2) is 7.11. The molecule has 0 aromatic heterocycles. The van der Waals surface area contributed by atoms with Crippen LogP contribution in [0.2, 0.25) is 5.02 Å². The summed E-state index contributed by atoms with van der Waals surface area (Å²) >= 11 is 6.22. The molecule has 0 amide bonds. The van der Waals surface area contributed by atoms with Crippen molar-refractivity contribution >= 4 is 11.6 Å². The molecule has 1 saturated carbocycles. The van der Waals surface area contributed by atoms with Crippen molar-refractivity contribution in [2.24, 2.45) is 11.3 Å². The molecule has 1 N–H and O–H groups in total. The first-order valence-corrected chi connectivity index (χ1v) is 8.46. The molecule has 1 aliphatic rings. The van der Waals surface area contributed by atoms with Crippen LogP contribution >= 0.6 is 11.6 Å². The van der Waals surface area contributed by atoms with E-state index in [1.807, 2.05) is 13.1 Å². The van der Waals surface area contributed by atoms with Gasteiger partial charge in [0.1, 0.15) is 5.82 Å². The zero-order valence-corrected chi connectivity index (χ0v) is 14.1. The molecule has 0 radical (unpaired) electrons. The lowest BCUT2D eigenvalue weighted by molar-refractivity contribution is 0.160. The van der Waals surface area contributed by atoms with Gasteiger partial charge in [0.25, 0.3) is 0 Å². The van der Waals surface area contributed by atoms with Gasteiger partial charge in [-0.2, -0.15) is 0 Å². The van der Waals surface area contributed by atoms with Crippen LogP contribution in [0.4, 0.5) is 4.39 Å². The maximum Gasteiger partial charge on any atom is 0.124 e. The third-order valence-corrected chi connectivity index (χ3v) is 5.29. The highest BCUT2D eigenvalue weighted by atomic mass is 35.5. The van der Waals surface area contributed by atoms with Crippen LogP contribution in [0.1, 0.15) is 51.5 Å². The largest absolute Gasteiger partial charge is 0.316 e. The minimum absolute atomic E-state index is 0.262. The molecule has 1 fully saturated rings. The molecule has 1 aliphatic carbocycles. The van der Waals surface area contributed by atoms with Crippen molar-refractivity contribution in [1.82, 2.24) is 5.32 Å². The Hall–Kier alpha value is -0.600. The van der Waals surface area contributed by atoms with Gasteiger partial charge < -0.3 is 5.32 Å². The molecule has 1 aromatic rings. The Bertz CT molecular complexity index is 466. The van der Waals surface area contributed by atoms with Crippen molar-refractivity contribution < 1.29 is 4.39 Å². The second-order valence-electron chi connectivity index (χ2n) is 6.95. The summed E-state index contributed by atoms with van der Waals surface area (Å²) in [4.78, 5) is 0. The highest BCUT2D eigenvalue weighted by Crippen LogP contribution is 2.47. The number of nitrogens with one attached hydrogen (secondary N) is 1. The van der Waals surface area contributed by atoms with Crippen molar-refractivity contribution in [3.63, 3.8) is 0 Å². The molecule has 1 aromatic carbocycles. The van der Waals surface area contributed by atoms with Crippen LogP contribution in [0.5, 0.6) is 0 Å². The maximum absolute atomic E-state index is 13.2. The Morgan fingerprint density at radius 2 is 1.95 bits per heavy atom. The van der Waals surface area contributed by atoms with Gasteiger partial charge in [-0.05, 0) is 61.8 Å². The molecule has 0 heterocycles. The van der Waals surface area contributed by atoms with Gasteiger partial charge in [0.2, 0.25) is 0 Å². The summed E-state index contributed by atoms with van der Waals surface area (Å²) in [7, 11) is 2.04. The van der Waals surface area contributed by atoms with Gasteiger partial charge in [-0.25, -0.2) is 4.39 Å². The number of rotatable bonds is 6. The van der Waals surface area contributed by atoms with E-state index >= 15 is 0 Å². The number of benzene rings is 1.